The van der Waals surface area contributed by atoms with Crippen LogP contribution in [0.15, 0.2) is 18.2 Å². The van der Waals surface area contributed by atoms with E-state index in [0.29, 0.717) is 5.75 Å². The minimum atomic E-state index is -2.98. The van der Waals surface area contributed by atoms with Crippen LogP contribution in [0.2, 0.25) is 0 Å². The molecule has 3 nitrogen and oxygen atoms in total. The van der Waals surface area contributed by atoms with Crippen LogP contribution in [0.4, 0.5) is 0 Å². The average molecular weight is 347 g/mol. The molecule has 0 saturated carbocycles. The highest BCUT2D eigenvalue weighted by molar-refractivity contribution is 9.09. The third-order valence-corrected chi connectivity index (χ3v) is 7.50. The first-order valence-electron chi connectivity index (χ1n) is 6.46. The van der Waals surface area contributed by atoms with Crippen molar-refractivity contribution in [3.63, 3.8) is 0 Å². The quantitative estimate of drug-likeness (QED) is 0.787. The Bertz CT molecular complexity index is 554. The SMILES string of the molecule is COc1ccc(C(Br)C2CCCCS2(=O)=O)c(C)c1. The van der Waals surface area contributed by atoms with Gasteiger partial charge in [-0.05, 0) is 43.0 Å². The van der Waals surface area contributed by atoms with E-state index in [1.807, 2.05) is 25.1 Å². The summed E-state index contributed by atoms with van der Waals surface area (Å²) in [5.74, 6) is 1.11. The van der Waals surface area contributed by atoms with E-state index in [9.17, 15) is 8.42 Å². The second-order valence-electron chi connectivity index (χ2n) is 5.03. The van der Waals surface area contributed by atoms with Crippen molar-refractivity contribution >= 4 is 25.8 Å². The number of methoxy groups -OCH3 is 1. The third-order valence-electron chi connectivity index (χ3n) is 3.73. The lowest BCUT2D eigenvalue weighted by Gasteiger charge is -2.27. The van der Waals surface area contributed by atoms with Crippen molar-refractivity contribution in [2.75, 3.05) is 12.9 Å². The molecule has 1 heterocycles. The molecule has 1 aliphatic rings. The molecule has 5 heteroatoms. The predicted octanol–water partition coefficient (Wildman–Crippen LogP) is 3.41. The Labute approximate surface area is 123 Å². The van der Waals surface area contributed by atoms with Crippen LogP contribution in [0.5, 0.6) is 5.75 Å². The maximum absolute atomic E-state index is 12.2. The Morgan fingerprint density at radius 3 is 2.68 bits per heavy atom. The predicted molar refractivity (Wildman–Crippen MR) is 80.8 cm³/mol. The molecule has 2 rings (SSSR count). The van der Waals surface area contributed by atoms with Crippen molar-refractivity contribution in [3.05, 3.63) is 29.3 Å². The summed E-state index contributed by atoms with van der Waals surface area (Å²) in [7, 11) is -1.35. The van der Waals surface area contributed by atoms with Crippen LogP contribution in [0.25, 0.3) is 0 Å². The van der Waals surface area contributed by atoms with Crippen molar-refractivity contribution in [3.8, 4) is 5.75 Å². The van der Waals surface area contributed by atoms with E-state index >= 15 is 0 Å². The van der Waals surface area contributed by atoms with Crippen molar-refractivity contribution in [1.82, 2.24) is 0 Å². The standard InChI is InChI=1S/C14H19BrO3S/c1-10-9-11(18-2)6-7-12(10)14(15)13-5-3-4-8-19(13,16)17/h6-7,9,13-14H,3-5,8H2,1-2H3. The summed E-state index contributed by atoms with van der Waals surface area (Å²) >= 11 is 3.60. The number of halogens is 1. The molecular weight excluding hydrogens is 328 g/mol. The molecule has 1 fully saturated rings. The van der Waals surface area contributed by atoms with E-state index in [-0.39, 0.29) is 10.1 Å². The van der Waals surface area contributed by atoms with E-state index in [2.05, 4.69) is 15.9 Å². The Kier molecular flexibility index (Phi) is 4.56. The lowest BCUT2D eigenvalue weighted by atomic mass is 10.0. The summed E-state index contributed by atoms with van der Waals surface area (Å²) in [5.41, 5.74) is 2.10. The Balaban J connectivity index is 2.31. The molecule has 0 radical (unpaired) electrons. The molecule has 19 heavy (non-hydrogen) atoms. The molecule has 2 atom stereocenters. The number of aryl methyl sites for hydroxylation is 1. The number of alkyl halides is 1. The molecule has 0 spiro atoms. The summed E-state index contributed by atoms with van der Waals surface area (Å²) in [6.45, 7) is 1.99. The number of hydrogen-bond donors (Lipinski definition) is 0. The normalized spacial score (nSPS) is 23.8. The summed E-state index contributed by atoms with van der Waals surface area (Å²) in [5, 5.41) is -0.312. The van der Waals surface area contributed by atoms with Gasteiger partial charge >= 0.3 is 0 Å². The summed E-state index contributed by atoms with van der Waals surface area (Å²) in [6.07, 6.45) is 2.52. The molecule has 1 saturated heterocycles. The summed E-state index contributed by atoms with van der Waals surface area (Å²) in [6, 6.07) is 5.78. The van der Waals surface area contributed by atoms with Gasteiger partial charge in [0.1, 0.15) is 5.75 Å². The lowest BCUT2D eigenvalue weighted by molar-refractivity contribution is 0.414. The smallest absolute Gasteiger partial charge is 0.154 e. The van der Waals surface area contributed by atoms with Crippen molar-refractivity contribution < 1.29 is 13.2 Å². The lowest BCUT2D eigenvalue weighted by Crippen LogP contribution is -2.31. The van der Waals surface area contributed by atoms with E-state index < -0.39 is 9.84 Å². The van der Waals surface area contributed by atoms with Crippen LogP contribution in [0.3, 0.4) is 0 Å². The molecule has 0 N–H and O–H groups in total. The Hall–Kier alpha value is -0.550. The number of sulfone groups is 1. The Morgan fingerprint density at radius 1 is 1.37 bits per heavy atom. The van der Waals surface area contributed by atoms with Crippen molar-refractivity contribution in [1.29, 1.82) is 0 Å². The fourth-order valence-corrected chi connectivity index (χ4v) is 6.30. The zero-order valence-corrected chi connectivity index (χ0v) is 13.6. The zero-order chi connectivity index (χ0) is 14.0. The van der Waals surface area contributed by atoms with Crippen LogP contribution in [-0.4, -0.2) is 26.5 Å². The number of hydrogen-bond acceptors (Lipinski definition) is 3. The van der Waals surface area contributed by atoms with Gasteiger partial charge in [0, 0.05) is 0 Å². The molecule has 106 valence electrons. The molecule has 1 aromatic rings. The van der Waals surface area contributed by atoms with Crippen LogP contribution >= 0.6 is 15.9 Å². The molecule has 2 unspecified atom stereocenters. The topological polar surface area (TPSA) is 43.4 Å². The van der Waals surface area contributed by atoms with Gasteiger partial charge in [0.15, 0.2) is 9.84 Å². The first-order chi connectivity index (χ1) is 8.95. The number of rotatable bonds is 3. The zero-order valence-electron chi connectivity index (χ0n) is 11.2. The third kappa shape index (κ3) is 3.14. The van der Waals surface area contributed by atoms with Gasteiger partial charge in [-0.25, -0.2) is 8.42 Å². The molecule has 0 amide bonds. The maximum Gasteiger partial charge on any atom is 0.154 e. The molecule has 0 aromatic heterocycles. The molecule has 0 aliphatic carbocycles. The minimum Gasteiger partial charge on any atom is -0.497 e. The van der Waals surface area contributed by atoms with E-state index in [1.54, 1.807) is 7.11 Å². The fourth-order valence-electron chi connectivity index (χ4n) is 2.59. The first kappa shape index (κ1) is 14.9. The summed E-state index contributed by atoms with van der Waals surface area (Å²) < 4.78 is 29.5. The van der Waals surface area contributed by atoms with Gasteiger partial charge in [-0.3, -0.25) is 0 Å². The second kappa shape index (κ2) is 5.83. The largest absolute Gasteiger partial charge is 0.497 e. The Morgan fingerprint density at radius 2 is 2.11 bits per heavy atom. The van der Waals surface area contributed by atoms with E-state index in [4.69, 9.17) is 4.74 Å². The number of ether oxygens (including phenoxy) is 1. The van der Waals surface area contributed by atoms with E-state index in [0.717, 1.165) is 36.1 Å². The van der Waals surface area contributed by atoms with Gasteiger partial charge in [0.05, 0.1) is 22.9 Å². The van der Waals surface area contributed by atoms with Gasteiger partial charge in [0.25, 0.3) is 0 Å². The van der Waals surface area contributed by atoms with Crippen LogP contribution in [-0.2, 0) is 9.84 Å². The molecule has 0 bridgehead atoms. The van der Waals surface area contributed by atoms with Gasteiger partial charge < -0.3 is 4.74 Å². The fraction of sp³-hybridized carbons (Fsp3) is 0.571. The highest BCUT2D eigenvalue weighted by Crippen LogP contribution is 2.38. The summed E-state index contributed by atoms with van der Waals surface area (Å²) in [4.78, 5) is -0.135. The highest BCUT2D eigenvalue weighted by Gasteiger charge is 2.35. The number of benzene rings is 1. The first-order valence-corrected chi connectivity index (χ1v) is 9.09. The molecule has 1 aliphatic heterocycles. The second-order valence-corrected chi connectivity index (χ2v) is 8.35. The van der Waals surface area contributed by atoms with Gasteiger partial charge in [-0.1, -0.05) is 28.4 Å². The highest BCUT2D eigenvalue weighted by atomic mass is 79.9. The van der Waals surface area contributed by atoms with Crippen LogP contribution in [0, 0.1) is 6.92 Å². The molecular formula is C14H19BrO3S. The van der Waals surface area contributed by atoms with Gasteiger partial charge in [-0.15, -0.1) is 0 Å². The van der Waals surface area contributed by atoms with Gasteiger partial charge in [0.2, 0.25) is 0 Å². The van der Waals surface area contributed by atoms with Crippen molar-refractivity contribution in [2.45, 2.75) is 36.3 Å². The molecule has 1 aromatic carbocycles. The van der Waals surface area contributed by atoms with Crippen LogP contribution < -0.4 is 4.74 Å². The van der Waals surface area contributed by atoms with Gasteiger partial charge in [-0.2, -0.15) is 0 Å². The monoisotopic (exact) mass is 346 g/mol. The minimum absolute atomic E-state index is 0.135. The maximum atomic E-state index is 12.2. The van der Waals surface area contributed by atoms with E-state index in [1.165, 1.54) is 0 Å². The average Bonchev–Trinajstić information content (AvgIpc) is 2.37. The van der Waals surface area contributed by atoms with Crippen LogP contribution in [0.1, 0.15) is 35.2 Å². The van der Waals surface area contributed by atoms with Crippen molar-refractivity contribution in [2.24, 2.45) is 0 Å².